The molecule has 0 aliphatic carbocycles. The number of rotatable bonds is 2. The van der Waals surface area contributed by atoms with Crippen LogP contribution in [-0.2, 0) is 11.0 Å². The van der Waals surface area contributed by atoms with E-state index in [1.54, 1.807) is 4.90 Å². The molecule has 132 valence electrons. The van der Waals surface area contributed by atoms with E-state index >= 15 is 0 Å². The third-order valence-electron chi connectivity index (χ3n) is 4.65. The zero-order valence-corrected chi connectivity index (χ0v) is 13.4. The molecule has 2 atom stereocenters. The lowest BCUT2D eigenvalue weighted by atomic mass is 9.93. The maximum absolute atomic E-state index is 12.9. The van der Waals surface area contributed by atoms with Gasteiger partial charge in [-0.2, -0.15) is 13.2 Å². The number of hydrogen-bond acceptors (Lipinski definition) is 4. The average molecular weight is 343 g/mol. The van der Waals surface area contributed by atoms with Crippen molar-refractivity contribution < 1.29 is 23.1 Å². The molecule has 2 aliphatic heterocycles. The highest BCUT2D eigenvalue weighted by molar-refractivity contribution is 5.76. The topological polar surface area (TPSA) is 56.7 Å². The van der Waals surface area contributed by atoms with E-state index in [1.165, 1.54) is 0 Å². The maximum Gasteiger partial charge on any atom is 0.417 e. The largest absolute Gasteiger partial charge is 0.417 e. The Morgan fingerprint density at radius 3 is 2.83 bits per heavy atom. The van der Waals surface area contributed by atoms with Crippen LogP contribution in [0.3, 0.4) is 0 Å². The van der Waals surface area contributed by atoms with E-state index in [4.69, 9.17) is 0 Å². The normalized spacial score (nSPS) is 23.7. The van der Waals surface area contributed by atoms with Gasteiger partial charge in [-0.25, -0.2) is 4.98 Å². The van der Waals surface area contributed by atoms with Crippen LogP contribution < -0.4 is 4.90 Å². The SMILES string of the molecule is CCCC(=O)N1CCN2c3ncc(C(F)(F)F)cc3C(O)CC2C1. The number of fused-ring (bicyclic) bond motifs is 3. The van der Waals surface area contributed by atoms with Gasteiger partial charge >= 0.3 is 6.18 Å². The van der Waals surface area contributed by atoms with Crippen LogP contribution in [0.1, 0.15) is 43.4 Å². The van der Waals surface area contributed by atoms with Crippen LogP contribution >= 0.6 is 0 Å². The fourth-order valence-corrected chi connectivity index (χ4v) is 3.43. The van der Waals surface area contributed by atoms with E-state index in [-0.39, 0.29) is 17.5 Å². The first kappa shape index (κ1) is 17.0. The first-order valence-electron chi connectivity index (χ1n) is 8.11. The molecule has 0 saturated carbocycles. The van der Waals surface area contributed by atoms with Crippen molar-refractivity contribution in [2.24, 2.45) is 0 Å². The van der Waals surface area contributed by atoms with Crippen molar-refractivity contribution >= 4 is 11.7 Å². The number of amides is 1. The Morgan fingerprint density at radius 1 is 1.42 bits per heavy atom. The highest BCUT2D eigenvalue weighted by Crippen LogP contribution is 2.40. The molecule has 2 unspecified atom stereocenters. The first-order chi connectivity index (χ1) is 11.3. The van der Waals surface area contributed by atoms with Gasteiger partial charge in [0.2, 0.25) is 5.91 Å². The van der Waals surface area contributed by atoms with Crippen LogP contribution in [-0.4, -0.2) is 46.6 Å². The molecule has 2 aliphatic rings. The summed E-state index contributed by atoms with van der Waals surface area (Å²) >= 11 is 0. The molecule has 8 heteroatoms. The summed E-state index contributed by atoms with van der Waals surface area (Å²) in [6.45, 7) is 3.45. The Kier molecular flexibility index (Phi) is 4.42. The van der Waals surface area contributed by atoms with Gasteiger partial charge in [0.25, 0.3) is 0 Å². The number of nitrogens with zero attached hydrogens (tertiary/aromatic N) is 3. The second-order valence-corrected chi connectivity index (χ2v) is 6.32. The predicted octanol–water partition coefficient (Wildman–Crippen LogP) is 2.35. The van der Waals surface area contributed by atoms with Crippen molar-refractivity contribution in [1.82, 2.24) is 9.88 Å². The second kappa shape index (κ2) is 6.23. The van der Waals surface area contributed by atoms with Crippen molar-refractivity contribution in [1.29, 1.82) is 0 Å². The predicted molar refractivity (Wildman–Crippen MR) is 81.4 cm³/mol. The molecule has 1 aromatic heterocycles. The van der Waals surface area contributed by atoms with Crippen LogP contribution in [0.15, 0.2) is 12.3 Å². The van der Waals surface area contributed by atoms with E-state index in [9.17, 15) is 23.1 Å². The summed E-state index contributed by atoms with van der Waals surface area (Å²) in [4.78, 5) is 19.7. The number of hydrogen-bond donors (Lipinski definition) is 1. The molecule has 1 saturated heterocycles. The molecular formula is C16H20F3N3O2. The number of aliphatic hydroxyl groups is 1. The summed E-state index contributed by atoms with van der Waals surface area (Å²) in [5.74, 6) is 0.479. The fourth-order valence-electron chi connectivity index (χ4n) is 3.43. The van der Waals surface area contributed by atoms with Gasteiger partial charge in [0.1, 0.15) is 5.82 Å². The van der Waals surface area contributed by atoms with Crippen LogP contribution in [0.2, 0.25) is 0 Å². The molecule has 0 aromatic carbocycles. The minimum absolute atomic E-state index is 0.0813. The number of piperazine rings is 1. The molecule has 1 amide bonds. The van der Waals surface area contributed by atoms with Crippen molar-refractivity contribution in [3.63, 3.8) is 0 Å². The van der Waals surface area contributed by atoms with Crippen LogP contribution in [0.4, 0.5) is 19.0 Å². The summed E-state index contributed by atoms with van der Waals surface area (Å²) < 4.78 is 38.6. The standard InChI is InChI=1S/C16H20F3N3O2/c1-2-3-14(24)21-4-5-22-11(9-21)7-13(23)12-6-10(16(17,18)19)8-20-15(12)22/h6,8,11,13,23H,2-5,7,9H2,1H3. The van der Waals surface area contributed by atoms with Crippen LogP contribution in [0.5, 0.6) is 0 Å². The molecule has 1 N–H and O–H groups in total. The minimum atomic E-state index is -4.48. The van der Waals surface area contributed by atoms with Crippen molar-refractivity contribution in [2.45, 2.75) is 44.5 Å². The minimum Gasteiger partial charge on any atom is -0.388 e. The van der Waals surface area contributed by atoms with Gasteiger partial charge in [-0.15, -0.1) is 0 Å². The fraction of sp³-hybridized carbons (Fsp3) is 0.625. The number of aliphatic hydroxyl groups excluding tert-OH is 1. The third kappa shape index (κ3) is 3.07. The zero-order valence-electron chi connectivity index (χ0n) is 13.4. The number of pyridine rings is 1. The molecule has 24 heavy (non-hydrogen) atoms. The summed E-state index contributed by atoms with van der Waals surface area (Å²) in [6.07, 6.45) is -3.12. The van der Waals surface area contributed by atoms with Gasteiger partial charge in [-0.05, 0) is 18.9 Å². The summed E-state index contributed by atoms with van der Waals surface area (Å²) in [5.41, 5.74) is -0.634. The number of alkyl halides is 3. The highest BCUT2D eigenvalue weighted by Gasteiger charge is 2.39. The van der Waals surface area contributed by atoms with Gasteiger partial charge in [0, 0.05) is 37.8 Å². The number of halogens is 3. The Hall–Kier alpha value is -1.83. The molecule has 0 bridgehead atoms. The van der Waals surface area contributed by atoms with E-state index in [1.807, 2.05) is 11.8 Å². The molecule has 1 aromatic rings. The van der Waals surface area contributed by atoms with E-state index in [0.717, 1.165) is 18.7 Å². The number of carbonyl (C=O) groups excluding carboxylic acids is 1. The number of carbonyl (C=O) groups is 1. The van der Waals surface area contributed by atoms with Gasteiger partial charge in [-0.3, -0.25) is 4.79 Å². The van der Waals surface area contributed by atoms with Crippen LogP contribution in [0, 0.1) is 0 Å². The summed E-state index contributed by atoms with van der Waals surface area (Å²) in [5, 5.41) is 10.3. The molecule has 3 rings (SSSR count). The average Bonchev–Trinajstić information content (AvgIpc) is 2.53. The van der Waals surface area contributed by atoms with E-state index in [2.05, 4.69) is 4.98 Å². The second-order valence-electron chi connectivity index (χ2n) is 6.32. The summed E-state index contributed by atoms with van der Waals surface area (Å²) in [7, 11) is 0. The van der Waals surface area contributed by atoms with Gasteiger partial charge in [0.15, 0.2) is 0 Å². The van der Waals surface area contributed by atoms with Crippen LogP contribution in [0.25, 0.3) is 0 Å². The first-order valence-corrected chi connectivity index (χ1v) is 8.11. The third-order valence-corrected chi connectivity index (χ3v) is 4.65. The molecule has 1 fully saturated rings. The summed E-state index contributed by atoms with van der Waals surface area (Å²) in [6, 6.07) is 0.865. The lowest BCUT2D eigenvalue weighted by molar-refractivity contribution is -0.138. The van der Waals surface area contributed by atoms with Gasteiger partial charge in [-0.1, -0.05) is 6.92 Å². The van der Waals surface area contributed by atoms with Gasteiger partial charge < -0.3 is 14.9 Å². The Labute approximate surface area is 138 Å². The van der Waals surface area contributed by atoms with E-state index < -0.39 is 17.8 Å². The molecule has 0 radical (unpaired) electrons. The molecule has 3 heterocycles. The number of anilines is 1. The van der Waals surface area contributed by atoms with E-state index in [0.29, 0.717) is 38.3 Å². The lowest BCUT2D eigenvalue weighted by Gasteiger charge is -2.46. The van der Waals surface area contributed by atoms with Crippen molar-refractivity contribution in [2.75, 3.05) is 24.5 Å². The number of aromatic nitrogens is 1. The van der Waals surface area contributed by atoms with Crippen molar-refractivity contribution in [3.8, 4) is 0 Å². The Morgan fingerprint density at radius 2 is 2.17 bits per heavy atom. The Balaban J connectivity index is 1.84. The molecular weight excluding hydrogens is 323 g/mol. The molecule has 5 nitrogen and oxygen atoms in total. The monoisotopic (exact) mass is 343 g/mol. The highest BCUT2D eigenvalue weighted by atomic mass is 19.4. The maximum atomic E-state index is 12.9. The Bertz CT molecular complexity index is 635. The van der Waals surface area contributed by atoms with Gasteiger partial charge in [0.05, 0.1) is 17.7 Å². The quantitative estimate of drug-likeness (QED) is 0.896. The lowest BCUT2D eigenvalue weighted by Crippen LogP contribution is -2.57. The molecule has 0 spiro atoms. The smallest absolute Gasteiger partial charge is 0.388 e. The van der Waals surface area contributed by atoms with Crippen molar-refractivity contribution in [3.05, 3.63) is 23.4 Å². The zero-order chi connectivity index (χ0) is 17.5.